The number of ether oxygens (including phenoxy) is 1. The molecule has 0 aromatic carbocycles. The van der Waals surface area contributed by atoms with Gasteiger partial charge in [0.2, 0.25) is 5.91 Å². The first-order chi connectivity index (χ1) is 21.5. The molecule has 3 heterocycles. The highest BCUT2D eigenvalue weighted by molar-refractivity contribution is 6.19. The summed E-state index contributed by atoms with van der Waals surface area (Å²) in [5, 5.41) is 3.16. The van der Waals surface area contributed by atoms with Crippen molar-refractivity contribution in [3.63, 3.8) is 0 Å². The van der Waals surface area contributed by atoms with Gasteiger partial charge in [-0.15, -0.1) is 0 Å². The number of hydrogen-bond acceptors (Lipinski definition) is 7. The summed E-state index contributed by atoms with van der Waals surface area (Å²) in [6.07, 6.45) is 10.2. The summed E-state index contributed by atoms with van der Waals surface area (Å²) in [7, 11) is 5.41. The number of methoxy groups -OCH3 is 1. The average molecular weight is 629 g/mol. The van der Waals surface area contributed by atoms with Crippen LogP contribution in [0.1, 0.15) is 60.8 Å². The van der Waals surface area contributed by atoms with Crippen LogP contribution in [0.25, 0.3) is 0 Å². The minimum absolute atomic E-state index is 0.00664. The van der Waals surface area contributed by atoms with E-state index in [0.717, 1.165) is 76.5 Å². The lowest BCUT2D eigenvalue weighted by atomic mass is 9.89. The number of hydrogen-bond donors (Lipinski definition) is 1. The van der Waals surface area contributed by atoms with Gasteiger partial charge in [0.25, 0.3) is 11.8 Å². The summed E-state index contributed by atoms with van der Waals surface area (Å²) in [6, 6.07) is 0.226. The van der Waals surface area contributed by atoms with Crippen molar-refractivity contribution in [2.24, 2.45) is 0 Å². The van der Waals surface area contributed by atoms with Crippen LogP contribution in [0.2, 0.25) is 0 Å². The fourth-order valence-electron chi connectivity index (χ4n) is 6.39. The summed E-state index contributed by atoms with van der Waals surface area (Å²) < 4.78 is 4.25. The molecule has 0 bridgehead atoms. The van der Waals surface area contributed by atoms with E-state index >= 15 is 0 Å². The zero-order valence-corrected chi connectivity index (χ0v) is 29.5. The number of nitrogens with zero attached hydrogens (tertiary/aromatic N) is 5. The Bertz CT molecular complexity index is 1090. The Kier molecular flexibility index (Phi) is 16.0. The molecular weight excluding hydrogens is 568 g/mol. The zero-order chi connectivity index (χ0) is 33.7. The van der Waals surface area contributed by atoms with E-state index in [1.54, 1.807) is 27.2 Å². The summed E-state index contributed by atoms with van der Waals surface area (Å²) >= 11 is 0. The Hall–Kier alpha value is -2.95. The topological polar surface area (TPSA) is 88.7 Å². The first-order valence-corrected chi connectivity index (χ1v) is 16.7. The molecule has 3 aliphatic heterocycles. The van der Waals surface area contributed by atoms with Gasteiger partial charge in [0.1, 0.15) is 5.57 Å². The van der Waals surface area contributed by atoms with Crippen LogP contribution in [-0.2, 0) is 19.1 Å². The van der Waals surface area contributed by atoms with Crippen molar-refractivity contribution in [2.75, 3.05) is 73.6 Å². The predicted molar refractivity (Wildman–Crippen MR) is 183 cm³/mol. The van der Waals surface area contributed by atoms with Crippen molar-refractivity contribution in [1.29, 1.82) is 0 Å². The molecule has 0 radical (unpaired) electrons. The van der Waals surface area contributed by atoms with Crippen LogP contribution in [0, 0.1) is 0 Å². The molecule has 2 fully saturated rings. The molecule has 0 saturated carbocycles. The number of carbonyl (C=O) groups excluding carboxylic acids is 3. The minimum Gasteiger partial charge on any atom is -0.388 e. The van der Waals surface area contributed by atoms with Gasteiger partial charge in [0.15, 0.2) is 0 Å². The van der Waals surface area contributed by atoms with Gasteiger partial charge in [-0.1, -0.05) is 38.7 Å². The number of piperidine rings is 1. The zero-order valence-electron chi connectivity index (χ0n) is 29.5. The highest BCUT2D eigenvalue weighted by atomic mass is 16.4. The molecule has 2 saturated heterocycles. The van der Waals surface area contributed by atoms with Crippen LogP contribution in [0.3, 0.4) is 0 Å². The standard InChI is InChI=1S/C31H48N6O3.C2H6O.C2H6/c1-22(2)37-29-10-8-7-9-26(29)21-28(31(37)40)30(39)32-27-19-23(3)36(24(4)20-27)18-12-33(6)11-13-34-14-16-35(17-15-34)25(5)38;1-3-2;1-2/h7-9,21-22,24,27,29H,3,10-20H2,1-2,4-6H3,(H,32,39);1-2H3;1-2H3. The molecule has 0 spiro atoms. The molecule has 10 nitrogen and oxygen atoms in total. The average Bonchev–Trinajstić information content (AvgIpc) is 3.00. The second-order valence-corrected chi connectivity index (χ2v) is 12.5. The van der Waals surface area contributed by atoms with E-state index in [9.17, 15) is 14.4 Å². The van der Waals surface area contributed by atoms with Gasteiger partial charge in [-0.25, -0.2) is 0 Å². The lowest BCUT2D eigenvalue weighted by Crippen LogP contribution is -2.53. The van der Waals surface area contributed by atoms with E-state index in [-0.39, 0.29) is 47.5 Å². The Morgan fingerprint density at radius 2 is 1.73 bits per heavy atom. The largest absolute Gasteiger partial charge is 0.388 e. The normalized spacial score (nSPS) is 23.4. The Morgan fingerprint density at radius 3 is 2.31 bits per heavy atom. The van der Waals surface area contributed by atoms with Gasteiger partial charge in [0, 0.05) is 104 Å². The van der Waals surface area contributed by atoms with Crippen molar-refractivity contribution in [2.45, 2.75) is 85.0 Å². The van der Waals surface area contributed by atoms with E-state index in [1.165, 1.54) is 0 Å². The molecule has 0 aromatic rings. The SMILES string of the molecule is C=C1CC(NC(=O)C2=CC3=CC=CCC3N(C(C)C)C2=O)CC(C)N1CCN(C)CCN1CCN(C(C)=O)CC1.CC.COC. The van der Waals surface area contributed by atoms with Crippen LogP contribution >= 0.6 is 0 Å². The van der Waals surface area contributed by atoms with Gasteiger partial charge in [-0.2, -0.15) is 0 Å². The number of nitrogens with one attached hydrogen (secondary N) is 1. The third kappa shape index (κ3) is 10.8. The van der Waals surface area contributed by atoms with Gasteiger partial charge in [0.05, 0.1) is 6.04 Å². The predicted octanol–water partition coefficient (Wildman–Crippen LogP) is 3.29. The van der Waals surface area contributed by atoms with Crippen molar-refractivity contribution >= 4 is 17.7 Å². The Labute approximate surface area is 272 Å². The molecule has 0 aromatic heterocycles. The van der Waals surface area contributed by atoms with Crippen LogP contribution in [0.4, 0.5) is 0 Å². The molecule has 254 valence electrons. The first kappa shape index (κ1) is 38.2. The van der Waals surface area contributed by atoms with Crippen LogP contribution < -0.4 is 5.32 Å². The van der Waals surface area contributed by atoms with E-state index in [2.05, 4.69) is 51.4 Å². The number of likely N-dealkylation sites (N-methyl/N-ethyl adjacent to an activating group) is 1. The van der Waals surface area contributed by atoms with Gasteiger partial charge in [-0.05, 0) is 52.3 Å². The quantitative estimate of drug-likeness (QED) is 0.392. The van der Waals surface area contributed by atoms with Crippen molar-refractivity contribution in [1.82, 2.24) is 29.8 Å². The van der Waals surface area contributed by atoms with Gasteiger partial charge in [-0.3, -0.25) is 19.3 Å². The number of piperazine rings is 1. The molecular formula is C35H60N6O4. The third-order valence-electron chi connectivity index (χ3n) is 8.80. The molecule has 1 aliphatic carbocycles. The number of allylic oxidation sites excluding steroid dienone is 2. The summed E-state index contributed by atoms with van der Waals surface area (Å²) in [5.74, 6) is -0.301. The lowest BCUT2D eigenvalue weighted by Gasteiger charge is -2.42. The van der Waals surface area contributed by atoms with Gasteiger partial charge < -0.3 is 29.7 Å². The van der Waals surface area contributed by atoms with Crippen LogP contribution in [0.15, 0.2) is 47.7 Å². The molecule has 45 heavy (non-hydrogen) atoms. The smallest absolute Gasteiger partial charge is 0.260 e. The molecule has 4 aliphatic rings. The Balaban J connectivity index is 0.00000133. The van der Waals surface area contributed by atoms with E-state index in [0.29, 0.717) is 6.42 Å². The van der Waals surface area contributed by atoms with Crippen LogP contribution in [0.5, 0.6) is 0 Å². The van der Waals surface area contributed by atoms with E-state index < -0.39 is 0 Å². The number of carbonyl (C=O) groups is 3. The summed E-state index contributed by atoms with van der Waals surface area (Å²) in [5.41, 5.74) is 2.29. The second-order valence-electron chi connectivity index (χ2n) is 12.5. The van der Waals surface area contributed by atoms with Gasteiger partial charge >= 0.3 is 0 Å². The summed E-state index contributed by atoms with van der Waals surface area (Å²) in [4.78, 5) is 49.1. The number of fused-ring (bicyclic) bond motifs is 1. The fourth-order valence-corrected chi connectivity index (χ4v) is 6.39. The fraction of sp³-hybridized carbons (Fsp3) is 0.686. The van der Waals surface area contributed by atoms with Crippen molar-refractivity contribution in [3.05, 3.63) is 47.7 Å². The summed E-state index contributed by atoms with van der Waals surface area (Å²) in [6.45, 7) is 23.5. The highest BCUT2D eigenvalue weighted by Crippen LogP contribution is 2.31. The molecule has 1 N–H and O–H groups in total. The molecule has 3 unspecified atom stereocenters. The number of amides is 3. The third-order valence-corrected chi connectivity index (χ3v) is 8.80. The molecule has 3 atom stereocenters. The van der Waals surface area contributed by atoms with Crippen LogP contribution in [-0.4, -0.2) is 140 Å². The Morgan fingerprint density at radius 1 is 1.11 bits per heavy atom. The van der Waals surface area contributed by atoms with E-state index in [4.69, 9.17) is 0 Å². The maximum absolute atomic E-state index is 13.3. The minimum atomic E-state index is -0.285. The van der Waals surface area contributed by atoms with E-state index in [1.807, 2.05) is 49.6 Å². The maximum Gasteiger partial charge on any atom is 0.260 e. The monoisotopic (exact) mass is 628 g/mol. The second kappa shape index (κ2) is 18.9. The van der Waals surface area contributed by atoms with Crippen molar-refractivity contribution < 1.29 is 19.1 Å². The molecule has 10 heteroatoms. The lowest BCUT2D eigenvalue weighted by molar-refractivity contribution is -0.134. The van der Waals surface area contributed by atoms with Crippen molar-refractivity contribution in [3.8, 4) is 0 Å². The first-order valence-electron chi connectivity index (χ1n) is 16.7. The molecule has 4 rings (SSSR count). The highest BCUT2D eigenvalue weighted by Gasteiger charge is 2.38. The molecule has 3 amide bonds. The maximum atomic E-state index is 13.3. The number of likely N-dealkylation sites (tertiary alicyclic amines) is 1. The number of rotatable bonds is 9.